The molecule has 3 aromatic carbocycles. The maximum atomic E-state index is 12.4. The van der Waals surface area contributed by atoms with E-state index in [0.29, 0.717) is 22.6 Å². The second kappa shape index (κ2) is 8.66. The molecule has 1 aromatic heterocycles. The predicted molar refractivity (Wildman–Crippen MR) is 127 cm³/mol. The number of nitrogens with two attached hydrogens (primary N) is 2. The van der Waals surface area contributed by atoms with Gasteiger partial charge in [0.15, 0.2) is 0 Å². The lowest BCUT2D eigenvalue weighted by Gasteiger charge is -2.11. The summed E-state index contributed by atoms with van der Waals surface area (Å²) in [5.41, 5.74) is 8.42. The van der Waals surface area contributed by atoms with Crippen LogP contribution in [0.2, 0.25) is 0 Å². The van der Waals surface area contributed by atoms with E-state index in [0.717, 1.165) is 16.5 Å². The highest BCUT2D eigenvalue weighted by atomic mass is 32.2. The first-order valence-electron chi connectivity index (χ1n) is 9.71. The third-order valence-corrected chi connectivity index (χ3v) is 5.89. The summed E-state index contributed by atoms with van der Waals surface area (Å²) in [6.45, 7) is 0.0572. The lowest BCUT2D eigenvalue weighted by molar-refractivity contribution is -0.114. The number of aromatic nitrogens is 1. The molecule has 4 rings (SSSR count). The number of carbonyl (C=O) groups excluding carboxylic acids is 1. The standard InChI is InChI=1S/C23H21N5O3S/c24-23-20-13-18(10-7-16(20)11-12-26-23)27-14-22(29)28-17-8-5-15(6-9-17)19-3-1-2-4-21(19)32(25,30)31/h1-13,27H,14H2,(H2,24,26)(H,28,29)(H2,25,30,31). The van der Waals surface area contributed by atoms with Crippen LogP contribution in [0.3, 0.4) is 0 Å². The number of hydrogen-bond donors (Lipinski definition) is 4. The number of fused-ring (bicyclic) bond motifs is 1. The molecule has 0 spiro atoms. The molecule has 0 saturated heterocycles. The number of rotatable bonds is 6. The highest BCUT2D eigenvalue weighted by Gasteiger charge is 2.14. The first-order valence-corrected chi connectivity index (χ1v) is 11.3. The van der Waals surface area contributed by atoms with Gasteiger partial charge in [-0.25, -0.2) is 18.5 Å². The van der Waals surface area contributed by atoms with Gasteiger partial charge in [0.1, 0.15) is 5.82 Å². The third kappa shape index (κ3) is 4.69. The number of pyridine rings is 1. The Balaban J connectivity index is 1.42. The van der Waals surface area contributed by atoms with Gasteiger partial charge in [-0.1, -0.05) is 36.4 Å². The van der Waals surface area contributed by atoms with Crippen molar-refractivity contribution in [1.29, 1.82) is 0 Å². The van der Waals surface area contributed by atoms with Crippen LogP contribution in [0.1, 0.15) is 0 Å². The molecule has 0 radical (unpaired) electrons. The second-order valence-corrected chi connectivity index (χ2v) is 8.68. The van der Waals surface area contributed by atoms with Crippen LogP contribution in [-0.2, 0) is 14.8 Å². The van der Waals surface area contributed by atoms with Crippen molar-refractivity contribution in [3.05, 3.63) is 79.0 Å². The zero-order valence-electron chi connectivity index (χ0n) is 16.9. The van der Waals surface area contributed by atoms with Crippen molar-refractivity contribution in [3.63, 3.8) is 0 Å². The number of carbonyl (C=O) groups is 1. The van der Waals surface area contributed by atoms with Crippen molar-refractivity contribution in [2.75, 3.05) is 22.9 Å². The molecule has 162 valence electrons. The number of hydrogen-bond acceptors (Lipinski definition) is 6. The second-order valence-electron chi connectivity index (χ2n) is 7.15. The van der Waals surface area contributed by atoms with Crippen LogP contribution in [0.5, 0.6) is 0 Å². The molecule has 1 amide bonds. The predicted octanol–water partition coefficient (Wildman–Crippen LogP) is 3.18. The smallest absolute Gasteiger partial charge is 0.243 e. The summed E-state index contributed by atoms with van der Waals surface area (Å²) in [4.78, 5) is 16.5. The van der Waals surface area contributed by atoms with Crippen LogP contribution in [0, 0.1) is 0 Å². The summed E-state index contributed by atoms with van der Waals surface area (Å²) in [6.07, 6.45) is 1.65. The van der Waals surface area contributed by atoms with Gasteiger partial charge in [-0.15, -0.1) is 0 Å². The molecule has 8 nitrogen and oxygen atoms in total. The SMILES string of the molecule is Nc1nccc2ccc(NCC(=O)Nc3ccc(-c4ccccc4S(N)(=O)=O)cc3)cc12. The number of sulfonamides is 1. The van der Waals surface area contributed by atoms with Crippen molar-refractivity contribution in [2.45, 2.75) is 4.90 Å². The van der Waals surface area contributed by atoms with Gasteiger partial charge < -0.3 is 16.4 Å². The normalized spacial score (nSPS) is 11.3. The Morgan fingerprint density at radius 1 is 0.938 bits per heavy atom. The molecular formula is C23H21N5O3S. The molecule has 0 aliphatic carbocycles. The lowest BCUT2D eigenvalue weighted by Crippen LogP contribution is -2.21. The van der Waals surface area contributed by atoms with E-state index in [9.17, 15) is 13.2 Å². The minimum Gasteiger partial charge on any atom is -0.383 e. The summed E-state index contributed by atoms with van der Waals surface area (Å²) in [5.74, 6) is 0.196. The van der Waals surface area contributed by atoms with Gasteiger partial charge in [-0.3, -0.25) is 4.79 Å². The Labute approximate surface area is 185 Å². The molecular weight excluding hydrogens is 426 g/mol. The van der Waals surface area contributed by atoms with Crippen molar-refractivity contribution < 1.29 is 13.2 Å². The fourth-order valence-electron chi connectivity index (χ4n) is 3.37. The van der Waals surface area contributed by atoms with E-state index < -0.39 is 10.0 Å². The average Bonchev–Trinajstić information content (AvgIpc) is 2.78. The summed E-state index contributed by atoms with van der Waals surface area (Å²) in [7, 11) is -3.85. The Hall–Kier alpha value is -3.95. The molecule has 0 aliphatic rings. The van der Waals surface area contributed by atoms with Crippen LogP contribution in [0.15, 0.2) is 83.9 Å². The number of benzene rings is 3. The van der Waals surface area contributed by atoms with Crippen molar-refractivity contribution in [3.8, 4) is 11.1 Å². The van der Waals surface area contributed by atoms with Gasteiger partial charge in [-0.2, -0.15) is 0 Å². The Bertz CT molecular complexity index is 1400. The van der Waals surface area contributed by atoms with Crippen LogP contribution in [0.4, 0.5) is 17.2 Å². The fourth-order valence-corrected chi connectivity index (χ4v) is 4.14. The molecule has 0 unspecified atom stereocenters. The third-order valence-electron chi connectivity index (χ3n) is 4.92. The van der Waals surface area contributed by atoms with E-state index in [1.54, 1.807) is 48.7 Å². The number of nitrogen functional groups attached to an aromatic ring is 1. The highest BCUT2D eigenvalue weighted by Crippen LogP contribution is 2.27. The minimum atomic E-state index is -3.85. The fraction of sp³-hybridized carbons (Fsp3) is 0.0435. The maximum absolute atomic E-state index is 12.4. The lowest BCUT2D eigenvalue weighted by atomic mass is 10.1. The number of primary sulfonamides is 1. The molecule has 6 N–H and O–H groups in total. The summed E-state index contributed by atoms with van der Waals surface area (Å²) in [6, 6.07) is 20.9. The summed E-state index contributed by atoms with van der Waals surface area (Å²) >= 11 is 0. The molecule has 1 heterocycles. The van der Waals surface area contributed by atoms with Crippen LogP contribution < -0.4 is 21.5 Å². The zero-order chi connectivity index (χ0) is 22.7. The first kappa shape index (κ1) is 21.3. The van der Waals surface area contributed by atoms with Crippen LogP contribution in [0.25, 0.3) is 21.9 Å². The molecule has 0 atom stereocenters. The van der Waals surface area contributed by atoms with Gasteiger partial charge in [0, 0.05) is 28.5 Å². The molecule has 9 heteroatoms. The Morgan fingerprint density at radius 2 is 1.66 bits per heavy atom. The molecule has 32 heavy (non-hydrogen) atoms. The summed E-state index contributed by atoms with van der Waals surface area (Å²) < 4.78 is 23.6. The van der Waals surface area contributed by atoms with Crippen molar-refractivity contribution in [2.24, 2.45) is 5.14 Å². The minimum absolute atomic E-state index is 0.0483. The monoisotopic (exact) mass is 447 g/mol. The van der Waals surface area contributed by atoms with E-state index in [1.807, 2.05) is 24.3 Å². The zero-order valence-corrected chi connectivity index (χ0v) is 17.8. The molecule has 0 fully saturated rings. The number of nitrogens with one attached hydrogen (secondary N) is 2. The Morgan fingerprint density at radius 3 is 2.41 bits per heavy atom. The summed E-state index contributed by atoms with van der Waals surface area (Å²) in [5, 5.41) is 13.0. The van der Waals surface area contributed by atoms with Crippen LogP contribution in [-0.4, -0.2) is 25.9 Å². The molecule has 0 aliphatic heterocycles. The Kier molecular flexibility index (Phi) is 5.76. The van der Waals surface area contributed by atoms with E-state index in [2.05, 4.69) is 15.6 Å². The molecule has 4 aromatic rings. The molecule has 0 bridgehead atoms. The van der Waals surface area contributed by atoms with E-state index in [-0.39, 0.29) is 17.3 Å². The number of amides is 1. The average molecular weight is 448 g/mol. The largest absolute Gasteiger partial charge is 0.383 e. The van der Waals surface area contributed by atoms with Gasteiger partial charge in [-0.05, 0) is 47.3 Å². The highest BCUT2D eigenvalue weighted by molar-refractivity contribution is 7.89. The van der Waals surface area contributed by atoms with E-state index >= 15 is 0 Å². The first-order chi connectivity index (χ1) is 15.3. The van der Waals surface area contributed by atoms with E-state index in [1.165, 1.54) is 6.07 Å². The van der Waals surface area contributed by atoms with Crippen molar-refractivity contribution in [1.82, 2.24) is 4.98 Å². The maximum Gasteiger partial charge on any atom is 0.243 e. The number of anilines is 3. The van der Waals surface area contributed by atoms with Gasteiger partial charge in [0.05, 0.1) is 11.4 Å². The van der Waals surface area contributed by atoms with E-state index in [4.69, 9.17) is 10.9 Å². The van der Waals surface area contributed by atoms with Gasteiger partial charge in [0.25, 0.3) is 0 Å². The van der Waals surface area contributed by atoms with Gasteiger partial charge >= 0.3 is 0 Å². The van der Waals surface area contributed by atoms with Gasteiger partial charge in [0.2, 0.25) is 15.9 Å². The number of nitrogens with zero attached hydrogens (tertiary/aromatic N) is 1. The van der Waals surface area contributed by atoms with Crippen LogP contribution >= 0.6 is 0 Å². The topological polar surface area (TPSA) is 140 Å². The molecule has 0 saturated carbocycles. The van der Waals surface area contributed by atoms with Crippen molar-refractivity contribution >= 4 is 43.9 Å². The quantitative estimate of drug-likeness (QED) is 0.358.